The normalized spacial score (nSPS) is 14.8. The smallest absolute Gasteiger partial charge is 0.224 e. The van der Waals surface area contributed by atoms with Crippen molar-refractivity contribution < 1.29 is 4.79 Å². The molecule has 4 nitrogen and oxygen atoms in total. The Balaban J connectivity index is 1.89. The highest BCUT2D eigenvalue weighted by molar-refractivity contribution is 7.80. The van der Waals surface area contributed by atoms with Gasteiger partial charge in [-0.3, -0.25) is 4.79 Å². The van der Waals surface area contributed by atoms with Gasteiger partial charge in [-0.2, -0.15) is 0 Å². The monoisotopic (exact) mass is 325 g/mol. The summed E-state index contributed by atoms with van der Waals surface area (Å²) in [7, 11) is 0. The molecule has 1 amide bonds. The van der Waals surface area contributed by atoms with E-state index in [9.17, 15) is 4.79 Å². The van der Waals surface area contributed by atoms with Crippen molar-refractivity contribution in [2.24, 2.45) is 5.73 Å². The van der Waals surface area contributed by atoms with E-state index >= 15 is 0 Å². The van der Waals surface area contributed by atoms with Crippen LogP contribution in [0.3, 0.4) is 0 Å². The number of piperidine rings is 1. The number of amides is 1. The number of nitrogens with one attached hydrogen (secondary N) is 1. The first kappa shape index (κ1) is 16.0. The fraction of sp³-hybridized carbons (Fsp3) is 0.467. The van der Waals surface area contributed by atoms with Gasteiger partial charge in [-0.25, -0.2) is 0 Å². The van der Waals surface area contributed by atoms with E-state index in [4.69, 9.17) is 29.6 Å². The van der Waals surface area contributed by atoms with Crippen molar-refractivity contribution in [3.8, 4) is 0 Å². The molecule has 1 heterocycles. The van der Waals surface area contributed by atoms with E-state index in [2.05, 4.69) is 5.32 Å². The van der Waals surface area contributed by atoms with Gasteiger partial charge in [-0.1, -0.05) is 23.8 Å². The maximum Gasteiger partial charge on any atom is 0.224 e. The first-order chi connectivity index (χ1) is 10.1. The van der Waals surface area contributed by atoms with Crippen molar-refractivity contribution in [1.82, 2.24) is 4.90 Å². The molecule has 0 unspecified atom stereocenters. The molecule has 2 rings (SSSR count). The van der Waals surface area contributed by atoms with Gasteiger partial charge < -0.3 is 16.0 Å². The number of rotatable bonds is 5. The molecule has 1 saturated heterocycles. The van der Waals surface area contributed by atoms with Crippen LogP contribution in [0.5, 0.6) is 0 Å². The van der Waals surface area contributed by atoms with Gasteiger partial charge in [0.25, 0.3) is 0 Å². The Labute approximate surface area is 135 Å². The highest BCUT2D eigenvalue weighted by Crippen LogP contribution is 2.21. The van der Waals surface area contributed by atoms with Crippen molar-refractivity contribution in [1.29, 1.82) is 0 Å². The molecule has 0 saturated carbocycles. The minimum absolute atomic E-state index is 0.195. The van der Waals surface area contributed by atoms with Crippen LogP contribution in [0.1, 0.15) is 31.2 Å². The molecule has 0 atom stereocenters. The summed E-state index contributed by atoms with van der Waals surface area (Å²) in [4.78, 5) is 14.3. The number of likely N-dealkylation sites (tertiary alicyclic amines) is 1. The molecule has 0 radical (unpaired) electrons. The van der Waals surface area contributed by atoms with Crippen LogP contribution in [-0.2, 0) is 4.79 Å². The largest absolute Gasteiger partial charge is 0.389 e. The summed E-state index contributed by atoms with van der Waals surface area (Å²) in [6.45, 7) is 2.31. The molecule has 1 aromatic carbocycles. The maximum atomic E-state index is 12.1. The van der Waals surface area contributed by atoms with Crippen molar-refractivity contribution in [2.75, 3.05) is 25.0 Å². The summed E-state index contributed by atoms with van der Waals surface area (Å²) in [5, 5.41) is 3.82. The van der Waals surface area contributed by atoms with E-state index in [1.54, 1.807) is 18.2 Å². The second kappa shape index (κ2) is 7.61. The number of thiocarbonyl (C=S) groups is 1. The SMILES string of the molecule is NC(=S)c1ccc(Cl)cc1NCCC(=O)N1CCCCC1. The maximum absolute atomic E-state index is 12.1. The molecular formula is C15H20ClN3OS. The van der Waals surface area contributed by atoms with Crippen LogP contribution in [0, 0.1) is 0 Å². The van der Waals surface area contributed by atoms with Gasteiger partial charge in [-0.15, -0.1) is 0 Å². The zero-order valence-electron chi connectivity index (χ0n) is 11.9. The molecule has 0 bridgehead atoms. The van der Waals surface area contributed by atoms with Gasteiger partial charge in [-0.05, 0) is 37.5 Å². The molecular weight excluding hydrogens is 306 g/mol. The second-order valence-electron chi connectivity index (χ2n) is 5.17. The van der Waals surface area contributed by atoms with Gasteiger partial charge in [0.2, 0.25) is 5.91 Å². The van der Waals surface area contributed by atoms with Crippen molar-refractivity contribution in [3.05, 3.63) is 28.8 Å². The van der Waals surface area contributed by atoms with E-state index in [1.807, 2.05) is 4.90 Å². The minimum Gasteiger partial charge on any atom is -0.389 e. The predicted octanol–water partition coefficient (Wildman–Crippen LogP) is 2.79. The van der Waals surface area contributed by atoms with Crippen LogP contribution in [-0.4, -0.2) is 35.4 Å². The fourth-order valence-electron chi connectivity index (χ4n) is 2.48. The van der Waals surface area contributed by atoms with Crippen LogP contribution in [0.25, 0.3) is 0 Å². The zero-order chi connectivity index (χ0) is 15.2. The number of carbonyl (C=O) groups is 1. The van der Waals surface area contributed by atoms with E-state index in [-0.39, 0.29) is 5.91 Å². The molecule has 114 valence electrons. The Bertz CT molecular complexity index is 530. The molecule has 1 fully saturated rings. The quantitative estimate of drug-likeness (QED) is 0.817. The lowest BCUT2D eigenvalue weighted by Gasteiger charge is -2.26. The molecule has 1 aromatic rings. The molecule has 1 aliphatic heterocycles. The Morgan fingerprint density at radius 2 is 2.05 bits per heavy atom. The van der Waals surface area contributed by atoms with Crippen LogP contribution >= 0.6 is 23.8 Å². The van der Waals surface area contributed by atoms with Crippen molar-refractivity contribution in [3.63, 3.8) is 0 Å². The summed E-state index contributed by atoms with van der Waals surface area (Å²) in [5.41, 5.74) is 7.22. The first-order valence-corrected chi connectivity index (χ1v) is 7.97. The number of nitrogens with two attached hydrogens (primary N) is 1. The minimum atomic E-state index is 0.195. The highest BCUT2D eigenvalue weighted by Gasteiger charge is 2.16. The van der Waals surface area contributed by atoms with Crippen LogP contribution in [0.4, 0.5) is 5.69 Å². The van der Waals surface area contributed by atoms with E-state index in [0.717, 1.165) is 37.2 Å². The van der Waals surface area contributed by atoms with E-state index in [0.29, 0.717) is 23.0 Å². The molecule has 1 aliphatic rings. The summed E-state index contributed by atoms with van der Waals surface area (Å²) in [5.74, 6) is 0.195. The van der Waals surface area contributed by atoms with Crippen LogP contribution in [0.15, 0.2) is 18.2 Å². The van der Waals surface area contributed by atoms with Gasteiger partial charge in [0.05, 0.1) is 0 Å². The Morgan fingerprint density at radius 3 is 2.71 bits per heavy atom. The molecule has 6 heteroatoms. The number of benzene rings is 1. The first-order valence-electron chi connectivity index (χ1n) is 7.19. The number of hydrogen-bond acceptors (Lipinski definition) is 3. The lowest BCUT2D eigenvalue weighted by Crippen LogP contribution is -2.36. The average Bonchev–Trinajstić information content (AvgIpc) is 2.48. The van der Waals surface area contributed by atoms with Crippen molar-refractivity contribution >= 4 is 40.4 Å². The third kappa shape index (κ3) is 4.58. The number of nitrogens with zero attached hydrogens (tertiary/aromatic N) is 1. The third-order valence-electron chi connectivity index (χ3n) is 3.61. The molecule has 0 aliphatic carbocycles. The Hall–Kier alpha value is -1.33. The summed E-state index contributed by atoms with van der Waals surface area (Å²) in [6, 6.07) is 5.32. The second-order valence-corrected chi connectivity index (χ2v) is 6.05. The van der Waals surface area contributed by atoms with Crippen LogP contribution < -0.4 is 11.1 Å². The Morgan fingerprint density at radius 1 is 1.33 bits per heavy atom. The van der Waals surface area contributed by atoms with E-state index in [1.165, 1.54) is 6.42 Å². The van der Waals surface area contributed by atoms with Crippen LogP contribution in [0.2, 0.25) is 5.02 Å². The number of carbonyl (C=O) groups excluding carboxylic acids is 1. The summed E-state index contributed by atoms with van der Waals surface area (Å²) >= 11 is 11.0. The van der Waals surface area contributed by atoms with E-state index < -0.39 is 0 Å². The lowest BCUT2D eigenvalue weighted by atomic mass is 10.1. The Kier molecular flexibility index (Phi) is 5.82. The molecule has 0 aromatic heterocycles. The third-order valence-corrected chi connectivity index (χ3v) is 4.07. The number of anilines is 1. The predicted molar refractivity (Wildman–Crippen MR) is 90.9 cm³/mol. The average molecular weight is 326 g/mol. The highest BCUT2D eigenvalue weighted by atomic mass is 35.5. The van der Waals surface area contributed by atoms with Gasteiger partial charge >= 0.3 is 0 Å². The number of halogens is 1. The summed E-state index contributed by atoms with van der Waals surface area (Å²) < 4.78 is 0. The number of hydrogen-bond donors (Lipinski definition) is 2. The molecule has 21 heavy (non-hydrogen) atoms. The van der Waals surface area contributed by atoms with Gasteiger partial charge in [0.1, 0.15) is 4.99 Å². The van der Waals surface area contributed by atoms with Gasteiger partial charge in [0.15, 0.2) is 0 Å². The van der Waals surface area contributed by atoms with Gasteiger partial charge in [0, 0.05) is 42.3 Å². The van der Waals surface area contributed by atoms with Crippen molar-refractivity contribution in [2.45, 2.75) is 25.7 Å². The lowest BCUT2D eigenvalue weighted by molar-refractivity contribution is -0.131. The standard InChI is InChI=1S/C15H20ClN3OS/c16-11-4-5-12(15(17)21)13(10-11)18-7-6-14(20)19-8-2-1-3-9-19/h4-5,10,18H,1-3,6-9H2,(H2,17,21). The zero-order valence-corrected chi connectivity index (χ0v) is 13.5. The molecule has 3 N–H and O–H groups in total. The fourth-order valence-corrected chi connectivity index (χ4v) is 2.83. The topological polar surface area (TPSA) is 58.4 Å². The summed E-state index contributed by atoms with van der Waals surface area (Å²) in [6.07, 6.45) is 3.91. The molecule has 0 spiro atoms.